The van der Waals surface area contributed by atoms with Crippen molar-refractivity contribution in [3.63, 3.8) is 0 Å². The van der Waals surface area contributed by atoms with Gasteiger partial charge < -0.3 is 15.1 Å². The highest BCUT2D eigenvalue weighted by molar-refractivity contribution is 6.42. The highest BCUT2D eigenvalue weighted by Crippen LogP contribution is 2.25. The van der Waals surface area contributed by atoms with Crippen molar-refractivity contribution >= 4 is 34.9 Å². The van der Waals surface area contributed by atoms with E-state index in [1.54, 1.807) is 18.2 Å². The number of urea groups is 1. The highest BCUT2D eigenvalue weighted by Gasteiger charge is 2.19. The van der Waals surface area contributed by atoms with Gasteiger partial charge >= 0.3 is 6.03 Å². The van der Waals surface area contributed by atoms with Crippen LogP contribution >= 0.6 is 23.2 Å². The minimum atomic E-state index is -0.0789. The first kappa shape index (κ1) is 17.4. The van der Waals surface area contributed by atoms with Crippen LogP contribution in [0.2, 0.25) is 10.0 Å². The molecule has 0 spiro atoms. The predicted octanol–water partition coefficient (Wildman–Crippen LogP) is 4.19. The molecule has 1 heterocycles. The van der Waals surface area contributed by atoms with Crippen LogP contribution in [-0.4, -0.2) is 48.6 Å². The highest BCUT2D eigenvalue weighted by atomic mass is 35.5. The molecule has 1 aliphatic rings. The molecule has 0 aliphatic carbocycles. The third-order valence-corrected chi connectivity index (χ3v) is 4.41. The second-order valence-electron chi connectivity index (χ2n) is 6.09. The summed E-state index contributed by atoms with van der Waals surface area (Å²) in [4.78, 5) is 16.7. The van der Waals surface area contributed by atoms with Crippen LogP contribution < -0.4 is 5.32 Å². The molecule has 1 saturated heterocycles. The number of carbonyl (C=O) groups excluding carboxylic acids is 1. The maximum absolute atomic E-state index is 12.4. The second-order valence-corrected chi connectivity index (χ2v) is 6.91. The molecule has 2 rings (SSSR count). The Kier molecular flexibility index (Phi) is 6.36. The Morgan fingerprint density at radius 2 is 1.95 bits per heavy atom. The van der Waals surface area contributed by atoms with E-state index < -0.39 is 0 Å². The van der Waals surface area contributed by atoms with E-state index in [2.05, 4.69) is 24.1 Å². The van der Waals surface area contributed by atoms with Gasteiger partial charge in [0.15, 0.2) is 0 Å². The lowest BCUT2D eigenvalue weighted by Gasteiger charge is -2.23. The quantitative estimate of drug-likeness (QED) is 0.892. The Balaban J connectivity index is 1.91. The van der Waals surface area contributed by atoms with E-state index in [0.717, 1.165) is 39.1 Å². The third-order valence-electron chi connectivity index (χ3n) is 3.67. The molecule has 1 aliphatic heterocycles. The van der Waals surface area contributed by atoms with Gasteiger partial charge in [-0.1, -0.05) is 37.0 Å². The summed E-state index contributed by atoms with van der Waals surface area (Å²) in [6, 6.07) is 5.04. The summed E-state index contributed by atoms with van der Waals surface area (Å²) in [5.74, 6) is 0.650. The summed E-state index contributed by atoms with van der Waals surface area (Å²) in [7, 11) is 0. The number of amides is 2. The third kappa shape index (κ3) is 5.04. The van der Waals surface area contributed by atoms with Crippen LogP contribution in [0.1, 0.15) is 20.3 Å². The minimum Gasteiger partial charge on any atom is -0.323 e. The molecule has 122 valence electrons. The summed E-state index contributed by atoms with van der Waals surface area (Å²) in [6.45, 7) is 9.03. The van der Waals surface area contributed by atoms with Crippen LogP contribution in [0.4, 0.5) is 10.5 Å². The Labute approximate surface area is 142 Å². The van der Waals surface area contributed by atoms with E-state index in [4.69, 9.17) is 23.2 Å². The van der Waals surface area contributed by atoms with Gasteiger partial charge in [-0.3, -0.25) is 0 Å². The summed E-state index contributed by atoms with van der Waals surface area (Å²) < 4.78 is 0. The Morgan fingerprint density at radius 1 is 1.18 bits per heavy atom. The molecule has 4 nitrogen and oxygen atoms in total. The smallest absolute Gasteiger partial charge is 0.321 e. The lowest BCUT2D eigenvalue weighted by atomic mass is 10.2. The molecule has 1 aromatic carbocycles. The van der Waals surface area contributed by atoms with Crippen molar-refractivity contribution in [2.45, 2.75) is 20.3 Å². The van der Waals surface area contributed by atoms with Gasteiger partial charge in [0.2, 0.25) is 0 Å². The molecular formula is C16H23Cl2N3O. The van der Waals surface area contributed by atoms with Gasteiger partial charge in [0, 0.05) is 31.9 Å². The van der Waals surface area contributed by atoms with Gasteiger partial charge in [-0.25, -0.2) is 4.79 Å². The van der Waals surface area contributed by atoms with E-state index >= 15 is 0 Å². The minimum absolute atomic E-state index is 0.0789. The molecule has 1 N–H and O–H groups in total. The maximum atomic E-state index is 12.4. The number of benzene rings is 1. The van der Waals surface area contributed by atoms with Crippen LogP contribution in [0, 0.1) is 5.92 Å². The molecule has 0 radical (unpaired) electrons. The zero-order valence-corrected chi connectivity index (χ0v) is 14.6. The SMILES string of the molecule is CC(C)CN1CCCN(C(=O)Nc2ccc(Cl)c(Cl)c2)CC1. The molecule has 0 unspecified atom stereocenters. The molecule has 0 atom stereocenters. The number of hydrogen-bond acceptors (Lipinski definition) is 2. The lowest BCUT2D eigenvalue weighted by molar-refractivity contribution is 0.209. The van der Waals surface area contributed by atoms with Crippen molar-refractivity contribution in [1.29, 1.82) is 0 Å². The molecule has 2 amide bonds. The van der Waals surface area contributed by atoms with Gasteiger partial charge in [-0.15, -0.1) is 0 Å². The van der Waals surface area contributed by atoms with Crippen LogP contribution in [0.3, 0.4) is 0 Å². The zero-order valence-electron chi connectivity index (χ0n) is 13.1. The van der Waals surface area contributed by atoms with Gasteiger partial charge in [-0.2, -0.15) is 0 Å². The van der Waals surface area contributed by atoms with Crippen molar-refractivity contribution in [2.75, 3.05) is 38.0 Å². The fourth-order valence-electron chi connectivity index (χ4n) is 2.65. The van der Waals surface area contributed by atoms with E-state index in [1.165, 1.54) is 0 Å². The van der Waals surface area contributed by atoms with Crippen LogP contribution in [0.15, 0.2) is 18.2 Å². The number of carbonyl (C=O) groups is 1. The largest absolute Gasteiger partial charge is 0.323 e. The van der Waals surface area contributed by atoms with Crippen LogP contribution in [0.25, 0.3) is 0 Å². The Morgan fingerprint density at radius 3 is 2.64 bits per heavy atom. The average Bonchev–Trinajstić information content (AvgIpc) is 2.68. The van der Waals surface area contributed by atoms with Crippen LogP contribution in [0.5, 0.6) is 0 Å². The maximum Gasteiger partial charge on any atom is 0.321 e. The first-order valence-corrected chi connectivity index (χ1v) is 8.44. The molecular weight excluding hydrogens is 321 g/mol. The fraction of sp³-hybridized carbons (Fsp3) is 0.562. The second kappa shape index (κ2) is 8.04. The van der Waals surface area contributed by atoms with Crippen molar-refractivity contribution in [3.8, 4) is 0 Å². The standard InChI is InChI=1S/C16H23Cl2N3O/c1-12(2)11-20-6-3-7-21(9-8-20)16(22)19-13-4-5-14(17)15(18)10-13/h4-5,10,12H,3,6-9,11H2,1-2H3,(H,19,22). The fourth-order valence-corrected chi connectivity index (χ4v) is 2.95. The molecule has 6 heteroatoms. The van der Waals surface area contributed by atoms with Crippen molar-refractivity contribution in [3.05, 3.63) is 28.2 Å². The lowest BCUT2D eigenvalue weighted by Crippen LogP contribution is -2.38. The monoisotopic (exact) mass is 343 g/mol. The van der Waals surface area contributed by atoms with E-state index in [0.29, 0.717) is 21.7 Å². The van der Waals surface area contributed by atoms with Crippen molar-refractivity contribution in [2.24, 2.45) is 5.92 Å². The number of halogens is 2. The summed E-state index contributed by atoms with van der Waals surface area (Å²) in [5, 5.41) is 3.82. The molecule has 1 aromatic rings. The number of nitrogens with one attached hydrogen (secondary N) is 1. The van der Waals surface area contributed by atoms with E-state index in [9.17, 15) is 4.79 Å². The molecule has 0 saturated carbocycles. The zero-order chi connectivity index (χ0) is 16.1. The molecule has 22 heavy (non-hydrogen) atoms. The van der Waals surface area contributed by atoms with Gasteiger partial charge in [0.1, 0.15) is 0 Å². The van der Waals surface area contributed by atoms with Crippen molar-refractivity contribution in [1.82, 2.24) is 9.80 Å². The summed E-state index contributed by atoms with van der Waals surface area (Å²) in [6.07, 6.45) is 1.00. The van der Waals surface area contributed by atoms with Crippen LogP contribution in [-0.2, 0) is 0 Å². The summed E-state index contributed by atoms with van der Waals surface area (Å²) >= 11 is 11.9. The van der Waals surface area contributed by atoms with Crippen molar-refractivity contribution < 1.29 is 4.79 Å². The van der Waals surface area contributed by atoms with Gasteiger partial charge in [0.25, 0.3) is 0 Å². The molecule has 0 bridgehead atoms. The van der Waals surface area contributed by atoms with Gasteiger partial charge in [0.05, 0.1) is 10.0 Å². The Hall–Kier alpha value is -0.970. The number of anilines is 1. The number of nitrogens with zero attached hydrogens (tertiary/aromatic N) is 2. The Bertz CT molecular complexity index is 522. The first-order valence-electron chi connectivity index (χ1n) is 7.69. The van der Waals surface area contributed by atoms with Gasteiger partial charge in [-0.05, 0) is 37.1 Å². The number of hydrogen-bond donors (Lipinski definition) is 1. The molecule has 0 aromatic heterocycles. The predicted molar refractivity (Wildman–Crippen MR) is 92.9 cm³/mol. The average molecular weight is 344 g/mol. The van der Waals surface area contributed by atoms with E-state index in [1.807, 2.05) is 4.90 Å². The molecule has 1 fully saturated rings. The topological polar surface area (TPSA) is 35.6 Å². The summed E-state index contributed by atoms with van der Waals surface area (Å²) in [5.41, 5.74) is 0.669. The first-order chi connectivity index (χ1) is 10.5. The normalized spacial score (nSPS) is 16.7. The number of rotatable bonds is 3. The van der Waals surface area contributed by atoms with E-state index in [-0.39, 0.29) is 6.03 Å².